The van der Waals surface area contributed by atoms with Crippen molar-refractivity contribution in [2.75, 3.05) is 26.0 Å². The first-order valence-electron chi connectivity index (χ1n) is 8.66. The molecule has 2 rings (SSSR count). The van der Waals surface area contributed by atoms with E-state index in [0.29, 0.717) is 12.2 Å². The molecule has 148 valence electrons. The molecule has 0 heterocycles. The topological polar surface area (TPSA) is 93.0 Å². The summed E-state index contributed by atoms with van der Waals surface area (Å²) in [5.41, 5.74) is 1.22. The molecule has 0 spiro atoms. The second-order valence-corrected chi connectivity index (χ2v) is 6.58. The summed E-state index contributed by atoms with van der Waals surface area (Å²) in [7, 11) is 5.04. The third kappa shape index (κ3) is 5.06. The van der Waals surface area contributed by atoms with Crippen molar-refractivity contribution >= 4 is 23.3 Å². The van der Waals surface area contributed by atoms with Crippen molar-refractivity contribution in [2.45, 2.75) is 19.6 Å². The number of ether oxygens (including phenoxy) is 1. The summed E-state index contributed by atoms with van der Waals surface area (Å²) in [6.45, 7) is 1.86. The van der Waals surface area contributed by atoms with E-state index >= 15 is 0 Å². The molecular weight excluding hydrogens is 362 g/mol. The minimum atomic E-state index is -1.03. The summed E-state index contributed by atoms with van der Waals surface area (Å²) in [6.07, 6.45) is -1.03. The summed E-state index contributed by atoms with van der Waals surface area (Å²) in [5.74, 6) is -1.16. The van der Waals surface area contributed by atoms with E-state index in [1.54, 1.807) is 26.0 Å². The van der Waals surface area contributed by atoms with Crippen LogP contribution in [0.1, 0.15) is 22.8 Å². The van der Waals surface area contributed by atoms with Gasteiger partial charge in [-0.15, -0.1) is 0 Å². The molecule has 1 amide bonds. The van der Waals surface area contributed by atoms with Gasteiger partial charge in [-0.05, 0) is 18.6 Å². The van der Waals surface area contributed by atoms with Crippen LogP contribution in [0.4, 0.5) is 11.4 Å². The summed E-state index contributed by atoms with van der Waals surface area (Å²) in [4.78, 5) is 38.7. The molecule has 2 aromatic carbocycles. The smallest absolute Gasteiger partial charge is 0.341 e. The Balaban J connectivity index is 2.13. The minimum absolute atomic E-state index is 0.0320. The zero-order valence-corrected chi connectivity index (χ0v) is 16.3. The van der Waals surface area contributed by atoms with Gasteiger partial charge in [-0.1, -0.05) is 30.3 Å². The molecule has 8 heteroatoms. The first kappa shape index (κ1) is 20.9. The van der Waals surface area contributed by atoms with Crippen LogP contribution in [0, 0.1) is 10.1 Å². The maximum absolute atomic E-state index is 12.6. The summed E-state index contributed by atoms with van der Waals surface area (Å²) >= 11 is 0. The lowest BCUT2D eigenvalue weighted by Gasteiger charge is -2.22. The molecule has 0 saturated heterocycles. The van der Waals surface area contributed by atoms with Crippen molar-refractivity contribution < 1.29 is 19.2 Å². The number of anilines is 1. The van der Waals surface area contributed by atoms with Crippen LogP contribution >= 0.6 is 0 Å². The van der Waals surface area contributed by atoms with E-state index in [9.17, 15) is 19.7 Å². The van der Waals surface area contributed by atoms with Gasteiger partial charge < -0.3 is 14.5 Å². The summed E-state index contributed by atoms with van der Waals surface area (Å²) in [6, 6.07) is 13.4. The Morgan fingerprint density at radius 3 is 2.32 bits per heavy atom. The zero-order chi connectivity index (χ0) is 20.8. The first-order chi connectivity index (χ1) is 13.2. The molecule has 8 nitrogen and oxygen atoms in total. The predicted octanol–water partition coefficient (Wildman–Crippen LogP) is 2.86. The van der Waals surface area contributed by atoms with Crippen molar-refractivity contribution in [1.82, 2.24) is 4.90 Å². The van der Waals surface area contributed by atoms with E-state index in [4.69, 9.17) is 4.74 Å². The molecule has 28 heavy (non-hydrogen) atoms. The second kappa shape index (κ2) is 8.98. The Kier molecular flexibility index (Phi) is 6.70. The molecule has 0 saturated carbocycles. The molecule has 0 aliphatic rings. The normalized spacial score (nSPS) is 11.4. The molecule has 0 aliphatic carbocycles. The van der Waals surface area contributed by atoms with Gasteiger partial charge in [0.15, 0.2) is 6.10 Å². The number of nitro benzene ring substituents is 1. The van der Waals surface area contributed by atoms with Crippen molar-refractivity contribution in [3.8, 4) is 0 Å². The number of hydrogen-bond donors (Lipinski definition) is 0. The largest absolute Gasteiger partial charge is 0.449 e. The van der Waals surface area contributed by atoms with Crippen LogP contribution in [0.15, 0.2) is 48.5 Å². The lowest BCUT2D eigenvalue weighted by molar-refractivity contribution is -0.384. The quantitative estimate of drug-likeness (QED) is 0.413. The molecular formula is C20H23N3O5. The Bertz CT molecular complexity index is 867. The van der Waals surface area contributed by atoms with Crippen molar-refractivity contribution in [1.29, 1.82) is 0 Å². The SMILES string of the molecule is C[C@@H](OC(=O)c1cc([N+](=O)[O-])ccc1N(C)C)C(=O)N(C)Cc1ccccc1. The molecule has 2 aromatic rings. The Morgan fingerprint density at radius 1 is 1.11 bits per heavy atom. The molecule has 0 radical (unpaired) electrons. The number of nitro groups is 1. The number of carbonyl (C=O) groups is 2. The Hall–Kier alpha value is -3.42. The highest BCUT2D eigenvalue weighted by Gasteiger charge is 2.25. The van der Waals surface area contributed by atoms with Crippen molar-refractivity contribution in [3.63, 3.8) is 0 Å². The highest BCUT2D eigenvalue weighted by molar-refractivity contribution is 5.98. The van der Waals surface area contributed by atoms with Crippen molar-refractivity contribution in [2.24, 2.45) is 0 Å². The van der Waals surface area contributed by atoms with Crippen LogP contribution in [0.2, 0.25) is 0 Å². The average molecular weight is 385 g/mol. The molecule has 0 fully saturated rings. The van der Waals surface area contributed by atoms with Crippen LogP contribution in [0.5, 0.6) is 0 Å². The van der Waals surface area contributed by atoms with Gasteiger partial charge >= 0.3 is 5.97 Å². The fourth-order valence-electron chi connectivity index (χ4n) is 2.71. The monoisotopic (exact) mass is 385 g/mol. The number of benzene rings is 2. The summed E-state index contributed by atoms with van der Waals surface area (Å²) < 4.78 is 5.30. The molecule has 0 aliphatic heterocycles. The third-order valence-electron chi connectivity index (χ3n) is 4.16. The number of non-ortho nitro benzene ring substituents is 1. The summed E-state index contributed by atoms with van der Waals surface area (Å²) in [5, 5.41) is 11.0. The Labute approximate surface area is 163 Å². The van der Waals surface area contributed by atoms with Gasteiger partial charge in [-0.3, -0.25) is 14.9 Å². The van der Waals surface area contributed by atoms with Crippen LogP contribution < -0.4 is 4.90 Å². The standard InChI is InChI=1S/C20H23N3O5/c1-14(19(24)22(4)13-15-8-6-5-7-9-15)28-20(25)17-12-16(23(26)27)10-11-18(17)21(2)3/h5-12,14H,13H2,1-4H3/t14-/m1/s1. The minimum Gasteiger partial charge on any atom is -0.449 e. The van der Waals surface area contributed by atoms with E-state index in [0.717, 1.165) is 11.6 Å². The third-order valence-corrected chi connectivity index (χ3v) is 4.16. The zero-order valence-electron chi connectivity index (χ0n) is 16.3. The number of esters is 1. The molecule has 0 aromatic heterocycles. The number of hydrogen-bond acceptors (Lipinski definition) is 6. The first-order valence-corrected chi connectivity index (χ1v) is 8.66. The van der Waals surface area contributed by atoms with E-state index in [2.05, 4.69) is 0 Å². The highest BCUT2D eigenvalue weighted by Crippen LogP contribution is 2.25. The lowest BCUT2D eigenvalue weighted by atomic mass is 10.1. The van der Waals surface area contributed by atoms with Gasteiger partial charge in [0.2, 0.25) is 0 Å². The van der Waals surface area contributed by atoms with Crippen LogP contribution in [-0.4, -0.2) is 48.9 Å². The maximum atomic E-state index is 12.6. The Morgan fingerprint density at radius 2 is 1.75 bits per heavy atom. The number of amides is 1. The fraction of sp³-hybridized carbons (Fsp3) is 0.300. The van der Waals surface area contributed by atoms with Crippen molar-refractivity contribution in [3.05, 3.63) is 69.8 Å². The number of likely N-dealkylation sites (N-methyl/N-ethyl adjacent to an activating group) is 1. The second-order valence-electron chi connectivity index (χ2n) is 6.58. The van der Waals surface area contributed by atoms with Gasteiger partial charge in [0, 0.05) is 39.8 Å². The van der Waals surface area contributed by atoms with E-state index in [1.165, 1.54) is 24.0 Å². The van der Waals surface area contributed by atoms with Crippen LogP contribution in [0.25, 0.3) is 0 Å². The number of nitrogens with zero attached hydrogens (tertiary/aromatic N) is 3. The van der Waals surface area contributed by atoms with Gasteiger partial charge in [0.05, 0.1) is 16.2 Å². The number of carbonyl (C=O) groups excluding carboxylic acids is 2. The molecule has 0 unspecified atom stereocenters. The average Bonchev–Trinajstić information content (AvgIpc) is 2.67. The van der Waals surface area contributed by atoms with Gasteiger partial charge in [0.1, 0.15) is 0 Å². The maximum Gasteiger partial charge on any atom is 0.341 e. The number of rotatable bonds is 7. The van der Waals surface area contributed by atoms with Crippen LogP contribution in [0.3, 0.4) is 0 Å². The highest BCUT2D eigenvalue weighted by atomic mass is 16.6. The lowest BCUT2D eigenvalue weighted by Crippen LogP contribution is -2.37. The van der Waals surface area contributed by atoms with E-state index < -0.39 is 17.0 Å². The van der Waals surface area contributed by atoms with Gasteiger partial charge in [-0.25, -0.2) is 4.79 Å². The van der Waals surface area contributed by atoms with E-state index in [-0.39, 0.29) is 17.2 Å². The molecule has 1 atom stereocenters. The van der Waals surface area contributed by atoms with E-state index in [1.807, 2.05) is 30.3 Å². The fourth-order valence-corrected chi connectivity index (χ4v) is 2.71. The molecule has 0 N–H and O–H groups in total. The van der Waals surface area contributed by atoms with Gasteiger partial charge in [0.25, 0.3) is 11.6 Å². The molecule has 0 bridgehead atoms. The van der Waals surface area contributed by atoms with Gasteiger partial charge in [-0.2, -0.15) is 0 Å². The van der Waals surface area contributed by atoms with Crippen LogP contribution in [-0.2, 0) is 16.1 Å². The predicted molar refractivity (Wildman–Crippen MR) is 105 cm³/mol.